The highest BCUT2D eigenvalue weighted by atomic mass is 28.4. The fourth-order valence-electron chi connectivity index (χ4n) is 3.94. The van der Waals surface area contributed by atoms with E-state index in [9.17, 15) is 9.90 Å². The predicted octanol–water partition coefficient (Wildman–Crippen LogP) is 3.22. The van der Waals surface area contributed by atoms with Gasteiger partial charge in [0.05, 0.1) is 12.2 Å². The van der Waals surface area contributed by atoms with Crippen molar-refractivity contribution in [1.29, 1.82) is 0 Å². The third-order valence-electron chi connectivity index (χ3n) is 5.98. The number of ketones is 1. The minimum Gasteiger partial charge on any atom is -0.413 e. The monoisotopic (exact) mass is 360 g/mol. The SMILES string of the molecule is CC[Si](CC)(CC)O[C@H]1[C@@H](C)[C@H](OCOC)[C@H](C)[C@H](O)C(=O)[C@H]1C. The highest BCUT2D eigenvalue weighted by Crippen LogP contribution is 2.37. The molecule has 0 bridgehead atoms. The van der Waals surface area contributed by atoms with Gasteiger partial charge in [0.15, 0.2) is 14.1 Å². The molecule has 0 aromatic carbocycles. The van der Waals surface area contributed by atoms with E-state index >= 15 is 0 Å². The summed E-state index contributed by atoms with van der Waals surface area (Å²) in [6.45, 7) is 12.5. The summed E-state index contributed by atoms with van der Waals surface area (Å²) in [5, 5.41) is 10.5. The Balaban J connectivity index is 3.16. The van der Waals surface area contributed by atoms with Crippen molar-refractivity contribution in [1.82, 2.24) is 0 Å². The quantitative estimate of drug-likeness (QED) is 0.409. The van der Waals surface area contributed by atoms with Crippen LogP contribution in [0.3, 0.4) is 0 Å². The van der Waals surface area contributed by atoms with Crippen LogP contribution in [0.25, 0.3) is 0 Å². The topological polar surface area (TPSA) is 65.0 Å². The van der Waals surface area contributed by atoms with Crippen molar-refractivity contribution in [3.05, 3.63) is 0 Å². The van der Waals surface area contributed by atoms with Gasteiger partial charge in [0.1, 0.15) is 12.9 Å². The second-order valence-corrected chi connectivity index (χ2v) is 11.9. The maximum atomic E-state index is 12.7. The van der Waals surface area contributed by atoms with Crippen LogP contribution in [0.1, 0.15) is 41.5 Å². The molecule has 0 unspecified atom stereocenters. The van der Waals surface area contributed by atoms with E-state index in [1.807, 2.05) is 13.8 Å². The molecule has 142 valence electrons. The van der Waals surface area contributed by atoms with E-state index < -0.39 is 14.4 Å². The summed E-state index contributed by atoms with van der Waals surface area (Å²) in [5.74, 6) is -0.721. The average Bonchev–Trinajstić information content (AvgIpc) is 2.65. The number of ether oxygens (including phenoxy) is 2. The molecule has 24 heavy (non-hydrogen) atoms. The molecule has 1 N–H and O–H groups in total. The maximum Gasteiger partial charge on any atom is 0.192 e. The second-order valence-electron chi connectivity index (χ2n) is 7.22. The highest BCUT2D eigenvalue weighted by Gasteiger charge is 2.48. The Hall–Kier alpha value is -0.273. The zero-order valence-corrected chi connectivity index (χ0v) is 17.4. The van der Waals surface area contributed by atoms with Crippen LogP contribution in [0.4, 0.5) is 0 Å². The molecular weight excluding hydrogens is 324 g/mol. The van der Waals surface area contributed by atoms with E-state index in [2.05, 4.69) is 27.7 Å². The summed E-state index contributed by atoms with van der Waals surface area (Å²) in [6, 6.07) is 3.10. The van der Waals surface area contributed by atoms with Crippen molar-refractivity contribution in [2.24, 2.45) is 17.8 Å². The first kappa shape index (κ1) is 21.8. The molecule has 0 amide bonds. The molecule has 5 nitrogen and oxygen atoms in total. The van der Waals surface area contributed by atoms with Gasteiger partial charge in [-0.25, -0.2) is 0 Å². The van der Waals surface area contributed by atoms with Gasteiger partial charge in [-0.05, 0) is 18.1 Å². The summed E-state index contributed by atoms with van der Waals surface area (Å²) < 4.78 is 17.6. The number of hydrogen-bond acceptors (Lipinski definition) is 5. The van der Waals surface area contributed by atoms with E-state index in [0.29, 0.717) is 0 Å². The van der Waals surface area contributed by atoms with Gasteiger partial charge < -0.3 is 19.0 Å². The van der Waals surface area contributed by atoms with Crippen molar-refractivity contribution in [3.63, 3.8) is 0 Å². The number of hydrogen-bond donors (Lipinski definition) is 1. The second kappa shape index (κ2) is 9.43. The van der Waals surface area contributed by atoms with Gasteiger partial charge in [0.25, 0.3) is 0 Å². The maximum absolute atomic E-state index is 12.7. The first-order valence-electron chi connectivity index (χ1n) is 9.28. The first-order valence-corrected chi connectivity index (χ1v) is 11.8. The van der Waals surface area contributed by atoms with Crippen LogP contribution in [-0.2, 0) is 18.7 Å². The first-order chi connectivity index (χ1) is 11.3. The lowest BCUT2D eigenvalue weighted by atomic mass is 9.88. The summed E-state index contributed by atoms with van der Waals surface area (Å²) in [5.41, 5.74) is 0. The molecule has 0 aromatic rings. The zero-order chi connectivity index (χ0) is 18.5. The molecule has 1 rings (SSSR count). The fourth-order valence-corrected chi connectivity index (χ4v) is 6.94. The number of rotatable bonds is 8. The van der Waals surface area contributed by atoms with Crippen LogP contribution in [0.5, 0.6) is 0 Å². The number of aliphatic hydroxyl groups is 1. The number of Topliss-reactive ketones (excluding diaryl/α,β-unsaturated/α-hetero) is 1. The lowest BCUT2D eigenvalue weighted by Gasteiger charge is -2.39. The van der Waals surface area contributed by atoms with Crippen molar-refractivity contribution in [2.45, 2.75) is 78.0 Å². The molecule has 6 atom stereocenters. The van der Waals surface area contributed by atoms with Crippen molar-refractivity contribution >= 4 is 14.1 Å². The Morgan fingerprint density at radius 2 is 1.54 bits per heavy atom. The molecule has 1 fully saturated rings. The van der Waals surface area contributed by atoms with Crippen molar-refractivity contribution in [2.75, 3.05) is 13.9 Å². The zero-order valence-electron chi connectivity index (χ0n) is 16.4. The van der Waals surface area contributed by atoms with E-state index in [4.69, 9.17) is 13.9 Å². The van der Waals surface area contributed by atoms with Crippen LogP contribution in [-0.4, -0.2) is 51.4 Å². The van der Waals surface area contributed by atoms with Gasteiger partial charge in [-0.2, -0.15) is 0 Å². The minimum absolute atomic E-state index is 0.0165. The van der Waals surface area contributed by atoms with Gasteiger partial charge >= 0.3 is 0 Å². The molecule has 6 heteroatoms. The van der Waals surface area contributed by atoms with Gasteiger partial charge in [-0.3, -0.25) is 4.79 Å². The molecule has 0 aliphatic heterocycles. The lowest BCUT2D eigenvalue weighted by Crippen LogP contribution is -2.47. The number of carbonyl (C=O) groups is 1. The molecule has 1 aliphatic rings. The van der Waals surface area contributed by atoms with Crippen LogP contribution in [0.2, 0.25) is 18.1 Å². The largest absolute Gasteiger partial charge is 0.413 e. The van der Waals surface area contributed by atoms with E-state index in [1.165, 1.54) is 0 Å². The molecular formula is C18H36O5Si. The van der Waals surface area contributed by atoms with Crippen LogP contribution in [0.15, 0.2) is 0 Å². The molecule has 0 radical (unpaired) electrons. The highest BCUT2D eigenvalue weighted by molar-refractivity contribution is 6.73. The Kier molecular flexibility index (Phi) is 8.55. The van der Waals surface area contributed by atoms with Gasteiger partial charge in [-0.15, -0.1) is 0 Å². The molecule has 0 saturated heterocycles. The molecule has 1 saturated carbocycles. The predicted molar refractivity (Wildman–Crippen MR) is 97.3 cm³/mol. The standard InChI is InChI=1S/C18H36O5Si/c1-8-24(9-2,10-3)23-18-13(5)16(20)15(19)12(4)17(14(18)6)22-11-21-7/h12-15,17-19H,8-11H2,1-7H3/t12-,13-,14+,15+,17-,18-/m1/s1. The van der Waals surface area contributed by atoms with E-state index in [0.717, 1.165) is 18.1 Å². The fraction of sp³-hybridized carbons (Fsp3) is 0.944. The number of aliphatic hydroxyl groups excluding tert-OH is 1. The average molecular weight is 361 g/mol. The number of carbonyl (C=O) groups excluding carboxylic acids is 1. The van der Waals surface area contributed by atoms with Crippen molar-refractivity contribution < 1.29 is 23.8 Å². The third kappa shape index (κ3) is 4.46. The summed E-state index contributed by atoms with van der Waals surface area (Å²) in [4.78, 5) is 12.7. The Morgan fingerprint density at radius 3 is 2.00 bits per heavy atom. The Labute approximate surface area is 148 Å². The van der Waals surface area contributed by atoms with Crippen molar-refractivity contribution in [3.8, 4) is 0 Å². The van der Waals surface area contributed by atoms with Crippen LogP contribution < -0.4 is 0 Å². The summed E-state index contributed by atoms with van der Waals surface area (Å²) >= 11 is 0. The van der Waals surface area contributed by atoms with Gasteiger partial charge in [0.2, 0.25) is 0 Å². The molecule has 0 spiro atoms. The van der Waals surface area contributed by atoms with Crippen LogP contribution >= 0.6 is 0 Å². The molecule has 0 heterocycles. The summed E-state index contributed by atoms with van der Waals surface area (Å²) in [6.07, 6.45) is -1.50. The van der Waals surface area contributed by atoms with Gasteiger partial charge in [0, 0.05) is 24.9 Å². The molecule has 0 aromatic heterocycles. The van der Waals surface area contributed by atoms with Crippen LogP contribution in [0, 0.1) is 17.8 Å². The summed E-state index contributed by atoms with van der Waals surface area (Å²) in [7, 11) is -0.289. The third-order valence-corrected chi connectivity index (χ3v) is 10.6. The lowest BCUT2D eigenvalue weighted by molar-refractivity contribution is -0.140. The Bertz CT molecular complexity index is 391. The minimum atomic E-state index is -1.87. The van der Waals surface area contributed by atoms with Gasteiger partial charge in [-0.1, -0.05) is 41.5 Å². The molecule has 1 aliphatic carbocycles. The van der Waals surface area contributed by atoms with E-state index in [1.54, 1.807) is 7.11 Å². The number of methoxy groups -OCH3 is 1. The van der Waals surface area contributed by atoms with E-state index in [-0.39, 0.29) is 42.5 Å². The normalized spacial score (nSPS) is 35.1. The Morgan fingerprint density at radius 1 is 1.00 bits per heavy atom. The smallest absolute Gasteiger partial charge is 0.192 e.